The first-order valence-electron chi connectivity index (χ1n) is 11.9. The van der Waals surface area contributed by atoms with Crippen molar-refractivity contribution in [1.82, 2.24) is 14.8 Å². The maximum atomic E-state index is 14.8. The van der Waals surface area contributed by atoms with Crippen LogP contribution in [-0.4, -0.2) is 82.2 Å². The highest BCUT2D eigenvalue weighted by Crippen LogP contribution is 2.46. The zero-order valence-corrected chi connectivity index (χ0v) is 21.0. The van der Waals surface area contributed by atoms with E-state index in [1.165, 1.54) is 12.1 Å². The van der Waals surface area contributed by atoms with E-state index in [-0.39, 0.29) is 52.6 Å². The van der Waals surface area contributed by atoms with Crippen LogP contribution in [0.2, 0.25) is 5.02 Å². The van der Waals surface area contributed by atoms with Crippen molar-refractivity contribution in [3.05, 3.63) is 53.3 Å². The minimum Gasteiger partial charge on any atom is -0.489 e. The smallest absolute Gasteiger partial charge is 0.261 e. The maximum Gasteiger partial charge on any atom is 0.261 e. The second-order valence-electron chi connectivity index (χ2n) is 10.0. The largest absolute Gasteiger partial charge is 0.489 e. The van der Waals surface area contributed by atoms with Gasteiger partial charge in [0.15, 0.2) is 5.75 Å². The van der Waals surface area contributed by atoms with E-state index in [9.17, 15) is 19.1 Å². The van der Waals surface area contributed by atoms with Crippen LogP contribution in [0.1, 0.15) is 30.6 Å². The number of aliphatic hydroxyl groups is 1. The number of β-amino-alcohol motifs (C(OH)–C–C–N with tert-alkyl or cyclic N) is 1. The standard InChI is InChI=1S/C26H28ClFN4O4/c1-4-19(34)30-9-10-31-15(12-30)14-36-23-20(25(31)35)24(32-13-16(33)11-26(32,2)3)29-22(21(23)27)17-7-5-6-8-18(17)28/h4-8,15-16,33H,1,9-14H2,2-3H3/t15-,16+/m1/s1. The van der Waals surface area contributed by atoms with Crippen LogP contribution in [0, 0.1) is 5.82 Å². The molecule has 190 valence electrons. The Morgan fingerprint density at radius 3 is 2.72 bits per heavy atom. The second-order valence-corrected chi connectivity index (χ2v) is 10.4. The van der Waals surface area contributed by atoms with Crippen molar-refractivity contribution in [2.24, 2.45) is 0 Å². The molecule has 2 aromatic rings. The summed E-state index contributed by atoms with van der Waals surface area (Å²) in [5.74, 6) is -0.601. The van der Waals surface area contributed by atoms with Gasteiger partial charge in [0.05, 0.1) is 17.8 Å². The molecule has 1 N–H and O–H groups in total. The lowest BCUT2D eigenvalue weighted by atomic mass is 10.00. The van der Waals surface area contributed by atoms with E-state index in [4.69, 9.17) is 21.3 Å². The van der Waals surface area contributed by atoms with Gasteiger partial charge in [0.25, 0.3) is 5.91 Å². The van der Waals surface area contributed by atoms with Crippen LogP contribution < -0.4 is 9.64 Å². The molecule has 36 heavy (non-hydrogen) atoms. The predicted molar refractivity (Wildman–Crippen MR) is 134 cm³/mol. The molecule has 8 nitrogen and oxygen atoms in total. The summed E-state index contributed by atoms with van der Waals surface area (Å²) in [5, 5.41) is 10.5. The van der Waals surface area contributed by atoms with Gasteiger partial charge in [-0.2, -0.15) is 0 Å². The molecule has 3 aliphatic rings. The van der Waals surface area contributed by atoms with Gasteiger partial charge >= 0.3 is 0 Å². The van der Waals surface area contributed by atoms with E-state index in [1.807, 2.05) is 18.7 Å². The normalized spacial score (nSPS) is 23.0. The molecule has 4 heterocycles. The third-order valence-electron chi connectivity index (χ3n) is 7.18. The molecule has 1 aromatic carbocycles. The highest BCUT2D eigenvalue weighted by Gasteiger charge is 2.45. The number of pyridine rings is 1. The van der Waals surface area contributed by atoms with Crippen molar-refractivity contribution in [1.29, 1.82) is 0 Å². The number of anilines is 1. The fraction of sp³-hybridized carbons (Fsp3) is 0.423. The number of fused-ring (bicyclic) bond motifs is 2. The lowest BCUT2D eigenvalue weighted by Gasteiger charge is -2.40. The van der Waals surface area contributed by atoms with Gasteiger partial charge in [-0.25, -0.2) is 9.37 Å². The molecule has 0 unspecified atom stereocenters. The zero-order chi connectivity index (χ0) is 25.8. The number of amides is 2. The number of aromatic nitrogens is 1. The first-order chi connectivity index (χ1) is 17.1. The first kappa shape index (κ1) is 24.5. The van der Waals surface area contributed by atoms with Gasteiger partial charge in [0, 0.05) is 37.3 Å². The minimum atomic E-state index is -0.618. The van der Waals surface area contributed by atoms with Gasteiger partial charge in [-0.15, -0.1) is 0 Å². The molecule has 2 amide bonds. The van der Waals surface area contributed by atoms with Crippen molar-refractivity contribution < 1.29 is 23.8 Å². The van der Waals surface area contributed by atoms with Crippen LogP contribution in [0.25, 0.3) is 11.3 Å². The van der Waals surface area contributed by atoms with Gasteiger partial charge in [-0.05, 0) is 38.5 Å². The number of aliphatic hydroxyl groups excluding tert-OH is 1. The van der Waals surface area contributed by atoms with Crippen LogP contribution in [0.15, 0.2) is 36.9 Å². The number of piperazine rings is 1. The molecule has 0 spiro atoms. The Balaban J connectivity index is 1.68. The topological polar surface area (TPSA) is 86.2 Å². The number of carbonyl (C=O) groups excluding carboxylic acids is 2. The molecule has 2 atom stereocenters. The number of ether oxygens (including phenoxy) is 1. The number of nitrogens with zero attached hydrogens (tertiary/aromatic N) is 4. The second kappa shape index (κ2) is 9.05. The van der Waals surface area contributed by atoms with E-state index < -0.39 is 23.5 Å². The quantitative estimate of drug-likeness (QED) is 0.633. The lowest BCUT2D eigenvalue weighted by Crippen LogP contribution is -2.57. The SMILES string of the molecule is C=CC(=O)N1CCN2C(=O)c3c(N4C[C@@H](O)CC4(C)C)nc(-c4ccccc4F)c(Cl)c3OC[C@H]2C1. The summed E-state index contributed by atoms with van der Waals surface area (Å²) in [5.41, 5.74) is 0.0108. The highest BCUT2D eigenvalue weighted by atomic mass is 35.5. The van der Waals surface area contributed by atoms with E-state index in [2.05, 4.69) is 6.58 Å². The zero-order valence-electron chi connectivity index (χ0n) is 20.2. The molecule has 0 bridgehead atoms. The molecule has 1 aromatic heterocycles. The van der Waals surface area contributed by atoms with Crippen LogP contribution in [0.3, 0.4) is 0 Å². The van der Waals surface area contributed by atoms with Crippen LogP contribution >= 0.6 is 11.6 Å². The van der Waals surface area contributed by atoms with Gasteiger partial charge < -0.3 is 24.5 Å². The van der Waals surface area contributed by atoms with Gasteiger partial charge in [-0.1, -0.05) is 30.3 Å². The maximum absolute atomic E-state index is 14.8. The number of carbonyl (C=O) groups is 2. The number of halogens is 2. The number of hydrogen-bond donors (Lipinski definition) is 1. The Kier molecular flexibility index (Phi) is 6.16. The molecule has 0 saturated carbocycles. The molecule has 10 heteroatoms. The molecule has 0 radical (unpaired) electrons. The summed E-state index contributed by atoms with van der Waals surface area (Å²) in [7, 11) is 0. The summed E-state index contributed by atoms with van der Waals surface area (Å²) in [6.07, 6.45) is 1.11. The molecule has 0 aliphatic carbocycles. The van der Waals surface area contributed by atoms with Gasteiger partial charge in [-0.3, -0.25) is 9.59 Å². The predicted octanol–water partition coefficient (Wildman–Crippen LogP) is 3.12. The van der Waals surface area contributed by atoms with Gasteiger partial charge in [0.1, 0.15) is 28.8 Å². The first-order valence-corrected chi connectivity index (χ1v) is 12.3. The number of rotatable bonds is 3. The Bertz CT molecular complexity index is 1250. The Hall–Kier alpha value is -3.17. The Morgan fingerprint density at radius 1 is 1.31 bits per heavy atom. The Labute approximate surface area is 213 Å². The van der Waals surface area contributed by atoms with Crippen molar-refractivity contribution in [2.45, 2.75) is 38.0 Å². The average Bonchev–Trinajstić information content (AvgIpc) is 3.04. The number of benzene rings is 1. The van der Waals surface area contributed by atoms with E-state index in [0.717, 1.165) is 0 Å². The highest BCUT2D eigenvalue weighted by molar-refractivity contribution is 6.35. The summed E-state index contributed by atoms with van der Waals surface area (Å²) in [4.78, 5) is 36.2. The summed E-state index contributed by atoms with van der Waals surface area (Å²) >= 11 is 6.78. The fourth-order valence-corrected chi connectivity index (χ4v) is 5.68. The van der Waals surface area contributed by atoms with Crippen molar-refractivity contribution >= 4 is 29.2 Å². The van der Waals surface area contributed by atoms with E-state index in [1.54, 1.807) is 28.0 Å². The van der Waals surface area contributed by atoms with Gasteiger partial charge in [0.2, 0.25) is 5.91 Å². The minimum absolute atomic E-state index is 0.0450. The summed E-state index contributed by atoms with van der Waals surface area (Å²) in [6, 6.07) is 5.75. The molecule has 2 saturated heterocycles. The van der Waals surface area contributed by atoms with Crippen LogP contribution in [0.4, 0.5) is 10.2 Å². The third kappa shape index (κ3) is 4.00. The molecular formula is C26H28ClFN4O4. The fourth-order valence-electron chi connectivity index (χ4n) is 5.39. The molecule has 2 fully saturated rings. The summed E-state index contributed by atoms with van der Waals surface area (Å²) in [6.45, 7) is 8.79. The van der Waals surface area contributed by atoms with Crippen molar-refractivity contribution in [3.63, 3.8) is 0 Å². The van der Waals surface area contributed by atoms with E-state index in [0.29, 0.717) is 31.9 Å². The molecule has 3 aliphatic heterocycles. The summed E-state index contributed by atoms with van der Waals surface area (Å²) < 4.78 is 21.0. The third-order valence-corrected chi connectivity index (χ3v) is 7.53. The van der Waals surface area contributed by atoms with Crippen molar-refractivity contribution in [3.8, 4) is 17.0 Å². The van der Waals surface area contributed by atoms with Crippen LogP contribution in [-0.2, 0) is 4.79 Å². The molecule has 5 rings (SSSR count). The lowest BCUT2D eigenvalue weighted by molar-refractivity contribution is -0.128. The van der Waals surface area contributed by atoms with Crippen molar-refractivity contribution in [2.75, 3.05) is 37.7 Å². The Morgan fingerprint density at radius 2 is 2.06 bits per heavy atom. The average molecular weight is 515 g/mol. The van der Waals surface area contributed by atoms with Crippen LogP contribution in [0.5, 0.6) is 5.75 Å². The monoisotopic (exact) mass is 514 g/mol. The molecular weight excluding hydrogens is 487 g/mol. The van der Waals surface area contributed by atoms with E-state index >= 15 is 0 Å². The number of hydrogen-bond acceptors (Lipinski definition) is 6.